The van der Waals surface area contributed by atoms with Gasteiger partial charge >= 0.3 is 15.5 Å². The molecule has 5 unspecified atom stereocenters. The number of carbonyl (C=O) groups is 2. The van der Waals surface area contributed by atoms with Crippen molar-refractivity contribution >= 4 is 45.0 Å². The molecule has 8 nitrogen and oxygen atoms in total. The van der Waals surface area contributed by atoms with E-state index >= 15 is 0 Å². The fourth-order valence-corrected chi connectivity index (χ4v) is 9.37. The molecular weight excluding hydrogens is 664 g/mol. The van der Waals surface area contributed by atoms with Gasteiger partial charge in [-0.05, 0) is 79.3 Å². The number of benzene rings is 2. The maximum atomic E-state index is 13.2. The number of likely N-dealkylation sites (tertiary alicyclic amines) is 1. The third-order valence-electron chi connectivity index (χ3n) is 10.2. The highest BCUT2D eigenvalue weighted by molar-refractivity contribution is 7.90. The number of alkyl halides is 3. The summed E-state index contributed by atoms with van der Waals surface area (Å²) in [6.07, 6.45) is 3.18. The minimum Gasteiger partial charge on any atom is -0.351 e. The number of carbonyl (C=O) groups excluding carboxylic acids is 2. The molecule has 3 aliphatic heterocycles. The van der Waals surface area contributed by atoms with E-state index < -0.39 is 15.5 Å². The summed E-state index contributed by atoms with van der Waals surface area (Å²) >= 11 is 12.5. The molecule has 2 aromatic rings. The number of nitrogens with zero attached hydrogens (tertiary/aromatic N) is 2. The summed E-state index contributed by atoms with van der Waals surface area (Å²) in [5.41, 5.74) is -3.19. The SMILES string of the molecule is O=C1CC(NC2CCN(S(=O)(=O)C(F)(F)F)CC2)C2CC(C(c3ccc(Cl)cc3)c3ccc(Cl)cc3)CC(N3CCCC3=O)C2N1. The van der Waals surface area contributed by atoms with Crippen molar-refractivity contribution < 1.29 is 31.2 Å². The van der Waals surface area contributed by atoms with Crippen LogP contribution in [0, 0.1) is 11.8 Å². The molecule has 1 aliphatic carbocycles. The van der Waals surface area contributed by atoms with Gasteiger partial charge in [0.1, 0.15) is 0 Å². The number of hydrogen-bond acceptors (Lipinski definition) is 5. The Hall–Kier alpha value is -2.38. The second-order valence-electron chi connectivity index (χ2n) is 12.9. The average Bonchev–Trinajstić information content (AvgIpc) is 3.44. The Bertz CT molecular complexity index is 1490. The van der Waals surface area contributed by atoms with Crippen LogP contribution in [0.1, 0.15) is 62.0 Å². The van der Waals surface area contributed by atoms with Gasteiger partial charge in [0.05, 0.1) is 12.1 Å². The number of hydrogen-bond donors (Lipinski definition) is 2. The smallest absolute Gasteiger partial charge is 0.351 e. The highest BCUT2D eigenvalue weighted by Crippen LogP contribution is 2.47. The molecule has 4 fully saturated rings. The molecular formula is C32H37Cl2F3N4O4S. The molecule has 0 bridgehead atoms. The first-order valence-electron chi connectivity index (χ1n) is 15.7. The molecule has 2 aromatic carbocycles. The fourth-order valence-electron chi connectivity index (χ4n) is 8.13. The van der Waals surface area contributed by atoms with Crippen LogP contribution in [0.4, 0.5) is 13.2 Å². The quantitative estimate of drug-likeness (QED) is 0.409. The molecule has 250 valence electrons. The van der Waals surface area contributed by atoms with Crippen LogP contribution in [-0.2, 0) is 19.6 Å². The summed E-state index contributed by atoms with van der Waals surface area (Å²) in [6.45, 7) is 0.108. The van der Waals surface area contributed by atoms with Crippen molar-refractivity contribution in [1.29, 1.82) is 0 Å². The largest absolute Gasteiger partial charge is 0.511 e. The fraction of sp³-hybridized carbons (Fsp3) is 0.562. The molecule has 4 aliphatic rings. The Morgan fingerprint density at radius 3 is 2.00 bits per heavy atom. The third-order valence-corrected chi connectivity index (χ3v) is 12.4. The molecule has 2 N–H and O–H groups in total. The third kappa shape index (κ3) is 6.78. The average molecular weight is 702 g/mol. The van der Waals surface area contributed by atoms with Crippen molar-refractivity contribution in [2.75, 3.05) is 19.6 Å². The van der Waals surface area contributed by atoms with Gasteiger partial charge in [-0.3, -0.25) is 9.59 Å². The molecule has 5 atom stereocenters. The number of rotatable bonds is 7. The lowest BCUT2D eigenvalue weighted by atomic mass is 9.63. The Kier molecular flexibility index (Phi) is 9.66. The van der Waals surface area contributed by atoms with Crippen LogP contribution in [-0.4, -0.2) is 78.7 Å². The zero-order valence-electron chi connectivity index (χ0n) is 25.1. The second-order valence-corrected chi connectivity index (χ2v) is 15.7. The zero-order chi connectivity index (χ0) is 32.8. The molecule has 0 spiro atoms. The summed E-state index contributed by atoms with van der Waals surface area (Å²) in [5.74, 6) is -0.127. The number of sulfonamides is 1. The van der Waals surface area contributed by atoms with Gasteiger partial charge in [-0.25, -0.2) is 8.42 Å². The number of halogens is 5. The number of piperidine rings is 2. The Labute approximate surface area is 277 Å². The lowest BCUT2D eigenvalue weighted by Gasteiger charge is -2.52. The molecule has 6 rings (SSSR count). The maximum Gasteiger partial charge on any atom is 0.511 e. The first kappa shape index (κ1) is 33.5. The summed E-state index contributed by atoms with van der Waals surface area (Å²) < 4.78 is 63.9. The highest BCUT2D eigenvalue weighted by Gasteiger charge is 2.52. The van der Waals surface area contributed by atoms with Gasteiger partial charge in [0.15, 0.2) is 0 Å². The molecule has 1 saturated carbocycles. The van der Waals surface area contributed by atoms with Gasteiger partial charge in [-0.15, -0.1) is 0 Å². The number of nitrogens with one attached hydrogen (secondary N) is 2. The monoisotopic (exact) mass is 700 g/mol. The number of amides is 2. The topological polar surface area (TPSA) is 98.8 Å². The maximum absolute atomic E-state index is 13.2. The van der Waals surface area contributed by atoms with Crippen LogP contribution in [0.3, 0.4) is 0 Å². The Morgan fingerprint density at radius 1 is 0.891 bits per heavy atom. The van der Waals surface area contributed by atoms with Gasteiger partial charge < -0.3 is 15.5 Å². The van der Waals surface area contributed by atoms with Crippen LogP contribution in [0.25, 0.3) is 0 Å². The van der Waals surface area contributed by atoms with E-state index in [9.17, 15) is 31.2 Å². The van der Waals surface area contributed by atoms with Crippen LogP contribution in [0.5, 0.6) is 0 Å². The minimum atomic E-state index is -5.39. The first-order chi connectivity index (χ1) is 21.8. The van der Waals surface area contributed by atoms with Crippen LogP contribution in [0.15, 0.2) is 48.5 Å². The summed E-state index contributed by atoms with van der Waals surface area (Å²) in [6, 6.07) is 14.5. The van der Waals surface area contributed by atoms with Crippen molar-refractivity contribution in [3.8, 4) is 0 Å². The lowest BCUT2D eigenvalue weighted by molar-refractivity contribution is -0.136. The molecule has 3 saturated heterocycles. The van der Waals surface area contributed by atoms with E-state index in [2.05, 4.69) is 10.6 Å². The van der Waals surface area contributed by atoms with E-state index in [0.29, 0.717) is 33.7 Å². The highest BCUT2D eigenvalue weighted by atomic mass is 35.5. The van der Waals surface area contributed by atoms with Crippen molar-refractivity contribution in [3.05, 3.63) is 69.7 Å². The normalized spacial score (nSPS) is 28.4. The molecule has 0 aromatic heterocycles. The summed E-state index contributed by atoms with van der Waals surface area (Å²) in [4.78, 5) is 28.2. The summed E-state index contributed by atoms with van der Waals surface area (Å²) in [7, 11) is -5.39. The lowest BCUT2D eigenvalue weighted by Crippen LogP contribution is -2.67. The van der Waals surface area contributed by atoms with E-state index in [1.807, 2.05) is 53.4 Å². The van der Waals surface area contributed by atoms with Gasteiger partial charge in [0, 0.05) is 60.5 Å². The van der Waals surface area contributed by atoms with Crippen molar-refractivity contribution in [3.63, 3.8) is 0 Å². The standard InChI is InChI=1S/C32H37Cl2F3N4O4S/c33-22-7-3-19(4-8-22)30(20-5-9-23(34)10-6-20)21-16-25-26(38-24-11-14-40(15-12-24)46(44,45)32(35,36)37)18-28(42)39-31(25)27(17-21)41-13-1-2-29(41)43/h3-10,21,24-27,30-31,38H,1-2,11-18H2,(H,39,42). The molecule has 0 radical (unpaired) electrons. The van der Waals surface area contributed by atoms with E-state index in [1.54, 1.807) is 0 Å². The van der Waals surface area contributed by atoms with Gasteiger partial charge in [0.2, 0.25) is 11.8 Å². The van der Waals surface area contributed by atoms with Crippen LogP contribution >= 0.6 is 23.2 Å². The van der Waals surface area contributed by atoms with E-state index in [4.69, 9.17) is 23.2 Å². The van der Waals surface area contributed by atoms with Crippen LogP contribution in [0.2, 0.25) is 10.0 Å². The first-order valence-corrected chi connectivity index (χ1v) is 17.9. The Morgan fingerprint density at radius 2 is 1.48 bits per heavy atom. The van der Waals surface area contributed by atoms with E-state index in [0.717, 1.165) is 24.0 Å². The predicted octanol–water partition coefficient (Wildman–Crippen LogP) is 5.30. The van der Waals surface area contributed by atoms with Gasteiger partial charge in [0.25, 0.3) is 0 Å². The predicted molar refractivity (Wildman–Crippen MR) is 169 cm³/mol. The Balaban J connectivity index is 1.30. The number of fused-ring (bicyclic) bond motifs is 1. The minimum absolute atomic E-state index is 0.0511. The molecule has 14 heteroatoms. The van der Waals surface area contributed by atoms with E-state index in [1.165, 1.54) is 0 Å². The van der Waals surface area contributed by atoms with Crippen molar-refractivity contribution in [1.82, 2.24) is 19.8 Å². The van der Waals surface area contributed by atoms with Gasteiger partial charge in [-0.2, -0.15) is 17.5 Å². The molecule has 3 heterocycles. The van der Waals surface area contributed by atoms with Crippen LogP contribution < -0.4 is 10.6 Å². The molecule has 2 amide bonds. The second kappa shape index (κ2) is 13.3. The van der Waals surface area contributed by atoms with Crippen molar-refractivity contribution in [2.45, 2.75) is 80.5 Å². The van der Waals surface area contributed by atoms with Crippen molar-refractivity contribution in [2.24, 2.45) is 11.8 Å². The van der Waals surface area contributed by atoms with E-state index in [-0.39, 0.29) is 86.1 Å². The molecule has 46 heavy (non-hydrogen) atoms. The zero-order valence-corrected chi connectivity index (χ0v) is 27.4. The van der Waals surface area contributed by atoms with Gasteiger partial charge in [-0.1, -0.05) is 47.5 Å². The summed E-state index contributed by atoms with van der Waals surface area (Å²) in [5, 5.41) is 8.03.